The molecule has 0 spiro atoms. The molecule has 1 heterocycles. The molecule has 1 fully saturated rings. The molecule has 0 saturated carbocycles. The third-order valence-corrected chi connectivity index (χ3v) is 5.63. The van der Waals surface area contributed by atoms with Gasteiger partial charge in [-0.15, -0.1) is 0 Å². The summed E-state index contributed by atoms with van der Waals surface area (Å²) in [5.74, 6) is 0.731. The van der Waals surface area contributed by atoms with Crippen molar-refractivity contribution in [2.24, 2.45) is 0 Å². The smallest absolute Gasteiger partial charge is 0.144 e. The molecule has 2 atom stereocenters. The van der Waals surface area contributed by atoms with Crippen LogP contribution in [0.25, 0.3) is 0 Å². The molecule has 0 aromatic heterocycles. The van der Waals surface area contributed by atoms with Crippen LogP contribution in [0.2, 0.25) is 0 Å². The lowest BCUT2D eigenvalue weighted by molar-refractivity contribution is 0.246. The van der Waals surface area contributed by atoms with Gasteiger partial charge < -0.3 is 9.47 Å². The summed E-state index contributed by atoms with van der Waals surface area (Å²) >= 11 is 0. The summed E-state index contributed by atoms with van der Waals surface area (Å²) in [5.41, 5.74) is 2.63. The zero-order valence-electron chi connectivity index (χ0n) is 17.5. The topological polar surface area (TPSA) is 21.8 Å². The first-order valence-electron chi connectivity index (χ1n) is 10.7. The fourth-order valence-corrected chi connectivity index (χ4v) is 3.88. The minimum absolute atomic E-state index is 0.0427. The van der Waals surface area contributed by atoms with Gasteiger partial charge in [0.05, 0.1) is 7.11 Å². The SMILES string of the molecule is C=C(CCCCCCCCCCc1ccccc1)C[C@@]1(C)O[C@H]1C(=C)OC. The second-order valence-corrected chi connectivity index (χ2v) is 8.22. The molecule has 1 aromatic carbocycles. The number of benzene rings is 1. The standard InChI is InChI=1S/C25H38O2/c1-21(20-25(3)24(27-25)22(2)26-4)16-12-9-7-5-6-8-10-13-17-23-18-14-11-15-19-23/h11,14-15,18-19,24H,1-2,5-10,12-13,16-17,20H2,3-4H3/t24-,25+/m0/s1. The molecule has 0 unspecified atom stereocenters. The van der Waals surface area contributed by atoms with Gasteiger partial charge in [-0.1, -0.05) is 87.6 Å². The lowest BCUT2D eigenvalue weighted by Gasteiger charge is -2.10. The van der Waals surface area contributed by atoms with Gasteiger partial charge in [0.15, 0.2) is 0 Å². The summed E-state index contributed by atoms with van der Waals surface area (Å²) < 4.78 is 10.9. The van der Waals surface area contributed by atoms with Crippen LogP contribution in [0.1, 0.15) is 76.7 Å². The molecule has 2 rings (SSSR count). The third kappa shape index (κ3) is 7.92. The highest BCUT2D eigenvalue weighted by molar-refractivity contribution is 5.19. The van der Waals surface area contributed by atoms with Crippen molar-refractivity contribution in [3.8, 4) is 0 Å². The Kier molecular flexibility index (Phi) is 9.14. The van der Waals surface area contributed by atoms with Gasteiger partial charge in [-0.05, 0) is 44.6 Å². The minimum atomic E-state index is -0.135. The van der Waals surface area contributed by atoms with Crippen LogP contribution in [0.5, 0.6) is 0 Å². The van der Waals surface area contributed by atoms with E-state index in [2.05, 4.69) is 50.4 Å². The zero-order chi connectivity index (χ0) is 19.5. The van der Waals surface area contributed by atoms with Gasteiger partial charge in [0, 0.05) is 0 Å². The number of methoxy groups -OCH3 is 1. The van der Waals surface area contributed by atoms with Crippen molar-refractivity contribution in [3.63, 3.8) is 0 Å². The van der Waals surface area contributed by atoms with E-state index < -0.39 is 0 Å². The molecule has 0 radical (unpaired) electrons. The highest BCUT2D eigenvalue weighted by Crippen LogP contribution is 2.45. The maximum absolute atomic E-state index is 5.76. The Morgan fingerprint density at radius 3 is 2.19 bits per heavy atom. The van der Waals surface area contributed by atoms with E-state index in [1.54, 1.807) is 7.11 Å². The molecule has 1 aliphatic heterocycles. The van der Waals surface area contributed by atoms with Crippen molar-refractivity contribution in [2.45, 2.75) is 89.3 Å². The monoisotopic (exact) mass is 370 g/mol. The molecular formula is C25H38O2. The quantitative estimate of drug-likeness (QED) is 0.143. The van der Waals surface area contributed by atoms with Gasteiger partial charge in [-0.25, -0.2) is 0 Å². The first kappa shape index (κ1) is 21.8. The van der Waals surface area contributed by atoms with Crippen LogP contribution in [0, 0.1) is 0 Å². The number of hydrogen-bond donors (Lipinski definition) is 0. The zero-order valence-corrected chi connectivity index (χ0v) is 17.5. The minimum Gasteiger partial charge on any atom is -0.499 e. The summed E-state index contributed by atoms with van der Waals surface area (Å²) in [4.78, 5) is 0. The number of rotatable bonds is 15. The van der Waals surface area contributed by atoms with E-state index in [1.807, 2.05) is 0 Å². The largest absolute Gasteiger partial charge is 0.499 e. The molecule has 0 amide bonds. The van der Waals surface area contributed by atoms with E-state index in [1.165, 1.54) is 68.9 Å². The molecule has 2 heteroatoms. The van der Waals surface area contributed by atoms with Gasteiger partial charge >= 0.3 is 0 Å². The number of epoxide rings is 1. The summed E-state index contributed by atoms with van der Waals surface area (Å²) in [6.07, 6.45) is 14.0. The predicted octanol–water partition coefficient (Wildman–Crippen LogP) is 7.00. The Hall–Kier alpha value is -1.54. The average molecular weight is 371 g/mol. The van der Waals surface area contributed by atoms with Crippen molar-refractivity contribution >= 4 is 0 Å². The van der Waals surface area contributed by atoms with Crippen LogP contribution in [-0.2, 0) is 15.9 Å². The molecule has 0 aliphatic carbocycles. The second-order valence-electron chi connectivity index (χ2n) is 8.22. The molecule has 2 nitrogen and oxygen atoms in total. The van der Waals surface area contributed by atoms with Crippen molar-refractivity contribution in [3.05, 3.63) is 60.4 Å². The Labute approximate surface area is 166 Å². The van der Waals surface area contributed by atoms with Gasteiger partial charge in [-0.3, -0.25) is 0 Å². The molecule has 1 aromatic rings. The fraction of sp³-hybridized carbons (Fsp3) is 0.600. The van der Waals surface area contributed by atoms with E-state index in [0.717, 1.165) is 18.6 Å². The van der Waals surface area contributed by atoms with E-state index >= 15 is 0 Å². The lowest BCUT2D eigenvalue weighted by Crippen LogP contribution is -2.12. The molecule has 150 valence electrons. The fourth-order valence-electron chi connectivity index (χ4n) is 3.88. The van der Waals surface area contributed by atoms with Gasteiger partial charge in [0.2, 0.25) is 0 Å². The summed E-state index contributed by atoms with van der Waals surface area (Å²) in [7, 11) is 1.66. The van der Waals surface area contributed by atoms with Crippen molar-refractivity contribution in [2.75, 3.05) is 7.11 Å². The van der Waals surface area contributed by atoms with Crippen LogP contribution in [0.15, 0.2) is 54.8 Å². The van der Waals surface area contributed by atoms with Crippen molar-refractivity contribution in [1.29, 1.82) is 0 Å². The first-order chi connectivity index (χ1) is 13.0. The molecule has 1 saturated heterocycles. The van der Waals surface area contributed by atoms with Crippen LogP contribution in [-0.4, -0.2) is 18.8 Å². The highest BCUT2D eigenvalue weighted by atomic mass is 16.6. The summed E-state index contributed by atoms with van der Waals surface area (Å²) in [6, 6.07) is 10.8. The molecule has 0 N–H and O–H groups in total. The number of ether oxygens (including phenoxy) is 2. The van der Waals surface area contributed by atoms with Gasteiger partial charge in [-0.2, -0.15) is 0 Å². The normalized spacial score (nSPS) is 21.0. The number of unbranched alkanes of at least 4 members (excludes halogenated alkanes) is 7. The van der Waals surface area contributed by atoms with Crippen LogP contribution >= 0.6 is 0 Å². The van der Waals surface area contributed by atoms with Crippen LogP contribution < -0.4 is 0 Å². The van der Waals surface area contributed by atoms with E-state index in [-0.39, 0.29) is 11.7 Å². The molecular weight excluding hydrogens is 332 g/mol. The maximum Gasteiger partial charge on any atom is 0.144 e. The van der Waals surface area contributed by atoms with Crippen molar-refractivity contribution < 1.29 is 9.47 Å². The first-order valence-corrected chi connectivity index (χ1v) is 10.7. The third-order valence-electron chi connectivity index (χ3n) is 5.63. The Balaban J connectivity index is 1.39. The Morgan fingerprint density at radius 1 is 0.963 bits per heavy atom. The number of hydrogen-bond acceptors (Lipinski definition) is 2. The summed E-state index contributed by atoms with van der Waals surface area (Å²) in [5, 5.41) is 0. The van der Waals surface area contributed by atoms with E-state index in [4.69, 9.17) is 9.47 Å². The van der Waals surface area contributed by atoms with Crippen molar-refractivity contribution in [1.82, 2.24) is 0 Å². The summed E-state index contributed by atoms with van der Waals surface area (Å²) in [6.45, 7) is 10.3. The average Bonchev–Trinajstić information content (AvgIpc) is 3.34. The predicted molar refractivity (Wildman–Crippen MR) is 115 cm³/mol. The van der Waals surface area contributed by atoms with E-state index in [9.17, 15) is 0 Å². The second kappa shape index (κ2) is 11.3. The molecule has 27 heavy (non-hydrogen) atoms. The number of aryl methyl sites for hydroxylation is 1. The molecule has 1 aliphatic rings. The Morgan fingerprint density at radius 2 is 1.56 bits per heavy atom. The Bertz CT molecular complexity index is 577. The van der Waals surface area contributed by atoms with Crippen LogP contribution in [0.3, 0.4) is 0 Å². The van der Waals surface area contributed by atoms with Crippen LogP contribution in [0.4, 0.5) is 0 Å². The van der Waals surface area contributed by atoms with Gasteiger partial charge in [0.25, 0.3) is 0 Å². The maximum atomic E-state index is 5.76. The van der Waals surface area contributed by atoms with E-state index in [0.29, 0.717) is 0 Å². The lowest BCUT2D eigenvalue weighted by atomic mass is 9.94. The van der Waals surface area contributed by atoms with Gasteiger partial charge in [0.1, 0.15) is 17.5 Å². The highest BCUT2D eigenvalue weighted by Gasteiger charge is 2.54. The molecule has 0 bridgehead atoms.